The number of aromatic nitrogens is 1. The lowest BCUT2D eigenvalue weighted by Crippen LogP contribution is -2.33. The molecule has 0 spiro atoms. The average molecular weight is 432 g/mol. The number of alkyl carbamates (subject to hydrolysis) is 1. The minimum atomic E-state index is -0.530. The number of carbonyl (C=O) groups is 1. The average Bonchev–Trinajstić information content (AvgIpc) is 3.39. The summed E-state index contributed by atoms with van der Waals surface area (Å²) < 4.78 is 5.39. The molecule has 1 aliphatic carbocycles. The van der Waals surface area contributed by atoms with Crippen molar-refractivity contribution in [3.8, 4) is 10.4 Å². The second-order valence-corrected chi connectivity index (χ2v) is 9.88. The van der Waals surface area contributed by atoms with E-state index in [0.29, 0.717) is 19.0 Å². The lowest BCUT2D eigenvalue weighted by atomic mass is 10.0. The van der Waals surface area contributed by atoms with E-state index in [4.69, 9.17) is 4.74 Å². The molecule has 1 aliphatic rings. The highest BCUT2D eigenvalue weighted by Gasteiger charge is 2.31. The molecule has 1 aromatic heterocycles. The van der Waals surface area contributed by atoms with Crippen LogP contribution in [0.2, 0.25) is 0 Å². The minimum absolute atomic E-state index is 0.346. The molecule has 164 valence electrons. The van der Waals surface area contributed by atoms with E-state index in [1.165, 1.54) is 0 Å². The molecule has 0 saturated heterocycles. The maximum Gasteiger partial charge on any atom is 0.407 e. The van der Waals surface area contributed by atoms with Crippen molar-refractivity contribution < 1.29 is 14.6 Å². The largest absolute Gasteiger partial charge is 0.444 e. The van der Waals surface area contributed by atoms with Gasteiger partial charge in [-0.2, -0.15) is 0 Å². The zero-order chi connectivity index (χ0) is 21.9. The maximum absolute atomic E-state index is 12.2. The molecule has 1 aromatic carbocycles. The second kappa shape index (κ2) is 9.35. The van der Waals surface area contributed by atoms with E-state index in [9.17, 15) is 9.90 Å². The standard InChI is InChI=1S/C23H33N3O3S/c1-15(27)10-11-26(19-8-9-19)20-12-17(21-16(2)25-14-30-21)6-7-18(20)13-24-22(28)29-23(3,4)5/h6-7,12,14-15,19,27H,8-11,13H2,1-5H3,(H,24,28). The molecule has 1 saturated carbocycles. The van der Waals surface area contributed by atoms with Crippen molar-refractivity contribution in [2.75, 3.05) is 11.4 Å². The highest BCUT2D eigenvalue weighted by atomic mass is 32.1. The number of benzene rings is 1. The molecule has 1 atom stereocenters. The lowest BCUT2D eigenvalue weighted by molar-refractivity contribution is 0.0523. The van der Waals surface area contributed by atoms with Crippen LogP contribution >= 0.6 is 11.3 Å². The molecular formula is C23H33N3O3S. The fourth-order valence-electron chi connectivity index (χ4n) is 3.39. The summed E-state index contributed by atoms with van der Waals surface area (Å²) in [5.74, 6) is 0. The topological polar surface area (TPSA) is 74.7 Å². The Balaban J connectivity index is 1.88. The Morgan fingerprint density at radius 1 is 1.40 bits per heavy atom. The van der Waals surface area contributed by atoms with Crippen LogP contribution in [0.5, 0.6) is 0 Å². The van der Waals surface area contributed by atoms with E-state index in [0.717, 1.165) is 46.8 Å². The van der Waals surface area contributed by atoms with Crippen LogP contribution < -0.4 is 10.2 Å². The molecule has 0 bridgehead atoms. The van der Waals surface area contributed by atoms with Gasteiger partial charge < -0.3 is 20.1 Å². The highest BCUT2D eigenvalue weighted by Crippen LogP contribution is 2.37. The minimum Gasteiger partial charge on any atom is -0.444 e. The Bertz CT molecular complexity index is 869. The number of carbonyl (C=O) groups excluding carboxylic acids is 1. The number of ether oxygens (including phenoxy) is 1. The summed E-state index contributed by atoms with van der Waals surface area (Å²) in [5.41, 5.74) is 5.65. The van der Waals surface area contributed by atoms with Crippen LogP contribution in [0.25, 0.3) is 10.4 Å². The number of hydrogen-bond donors (Lipinski definition) is 2. The molecular weight excluding hydrogens is 398 g/mol. The van der Waals surface area contributed by atoms with Crippen molar-refractivity contribution >= 4 is 23.1 Å². The van der Waals surface area contributed by atoms with Crippen molar-refractivity contribution in [2.45, 2.75) is 78.2 Å². The van der Waals surface area contributed by atoms with Gasteiger partial charge in [0.05, 0.1) is 22.2 Å². The Morgan fingerprint density at radius 3 is 2.70 bits per heavy atom. The molecule has 1 amide bonds. The van der Waals surface area contributed by atoms with Gasteiger partial charge in [0.15, 0.2) is 0 Å². The van der Waals surface area contributed by atoms with Gasteiger partial charge in [-0.25, -0.2) is 9.78 Å². The third-order valence-corrected chi connectivity index (χ3v) is 5.98. The van der Waals surface area contributed by atoms with Gasteiger partial charge in [-0.15, -0.1) is 11.3 Å². The number of amides is 1. The van der Waals surface area contributed by atoms with Crippen LogP contribution in [0.15, 0.2) is 23.7 Å². The van der Waals surface area contributed by atoms with Crippen LogP contribution in [0, 0.1) is 6.92 Å². The van der Waals surface area contributed by atoms with Gasteiger partial charge in [-0.3, -0.25) is 0 Å². The van der Waals surface area contributed by atoms with Crippen LogP contribution in [-0.2, 0) is 11.3 Å². The molecule has 30 heavy (non-hydrogen) atoms. The molecule has 1 heterocycles. The van der Waals surface area contributed by atoms with Crippen molar-refractivity contribution in [3.05, 3.63) is 35.0 Å². The first-order chi connectivity index (χ1) is 14.1. The zero-order valence-electron chi connectivity index (χ0n) is 18.6. The molecule has 0 aliphatic heterocycles. The van der Waals surface area contributed by atoms with E-state index >= 15 is 0 Å². The molecule has 1 fully saturated rings. The number of aliphatic hydroxyl groups is 1. The second-order valence-electron chi connectivity index (χ2n) is 9.03. The zero-order valence-corrected chi connectivity index (χ0v) is 19.4. The number of aryl methyl sites for hydroxylation is 1. The summed E-state index contributed by atoms with van der Waals surface area (Å²) in [6, 6.07) is 6.86. The lowest BCUT2D eigenvalue weighted by Gasteiger charge is -2.29. The number of hydrogen-bond acceptors (Lipinski definition) is 6. The molecule has 7 heteroatoms. The molecule has 2 aromatic rings. The predicted molar refractivity (Wildman–Crippen MR) is 122 cm³/mol. The third kappa shape index (κ3) is 6.19. The van der Waals surface area contributed by atoms with Crippen molar-refractivity contribution in [2.24, 2.45) is 0 Å². The van der Waals surface area contributed by atoms with Gasteiger partial charge in [0.2, 0.25) is 0 Å². The first-order valence-corrected chi connectivity index (χ1v) is 11.5. The fraction of sp³-hybridized carbons (Fsp3) is 0.565. The van der Waals surface area contributed by atoms with Gasteiger partial charge in [0, 0.05) is 24.8 Å². The molecule has 3 rings (SSSR count). The monoisotopic (exact) mass is 431 g/mol. The first kappa shape index (κ1) is 22.6. The van der Waals surface area contributed by atoms with Crippen LogP contribution in [0.4, 0.5) is 10.5 Å². The van der Waals surface area contributed by atoms with Crippen molar-refractivity contribution in [1.29, 1.82) is 0 Å². The summed E-state index contributed by atoms with van der Waals surface area (Å²) >= 11 is 1.64. The summed E-state index contributed by atoms with van der Waals surface area (Å²) in [5, 5.41) is 12.7. The van der Waals surface area contributed by atoms with Crippen molar-refractivity contribution in [3.63, 3.8) is 0 Å². The number of rotatable bonds is 8. The van der Waals surface area contributed by atoms with Gasteiger partial charge >= 0.3 is 6.09 Å². The Morgan fingerprint density at radius 2 is 2.13 bits per heavy atom. The quantitative estimate of drug-likeness (QED) is 0.623. The number of aliphatic hydroxyl groups excluding tert-OH is 1. The van der Waals surface area contributed by atoms with E-state index < -0.39 is 11.7 Å². The molecule has 2 N–H and O–H groups in total. The van der Waals surface area contributed by atoms with E-state index in [1.54, 1.807) is 11.3 Å². The van der Waals surface area contributed by atoms with E-state index in [2.05, 4.69) is 33.4 Å². The summed E-state index contributed by atoms with van der Waals surface area (Å²) in [4.78, 5) is 20.1. The number of nitrogens with one attached hydrogen (secondary N) is 1. The molecule has 0 radical (unpaired) electrons. The molecule has 6 nitrogen and oxygen atoms in total. The Labute approximate surface area is 183 Å². The van der Waals surface area contributed by atoms with Crippen LogP contribution in [-0.4, -0.2) is 40.5 Å². The van der Waals surface area contributed by atoms with Crippen LogP contribution in [0.1, 0.15) is 58.2 Å². The number of anilines is 1. The van der Waals surface area contributed by atoms with E-state index in [1.807, 2.05) is 40.1 Å². The van der Waals surface area contributed by atoms with E-state index in [-0.39, 0.29) is 6.10 Å². The summed E-state index contributed by atoms with van der Waals surface area (Å²) in [6.45, 7) is 10.6. The van der Waals surface area contributed by atoms with Gasteiger partial charge in [-0.1, -0.05) is 12.1 Å². The van der Waals surface area contributed by atoms with Gasteiger partial charge in [-0.05, 0) is 71.1 Å². The van der Waals surface area contributed by atoms with Gasteiger partial charge in [0.1, 0.15) is 5.60 Å². The Hall–Kier alpha value is -2.12. The fourth-order valence-corrected chi connectivity index (χ4v) is 4.20. The third-order valence-electron chi connectivity index (χ3n) is 5.00. The normalized spacial score (nSPS) is 15.0. The predicted octanol–water partition coefficient (Wildman–Crippen LogP) is 4.88. The summed E-state index contributed by atoms with van der Waals surface area (Å²) in [6.07, 6.45) is 2.25. The SMILES string of the molecule is Cc1ncsc1-c1ccc(CNC(=O)OC(C)(C)C)c(N(CCC(C)O)C2CC2)c1. The van der Waals surface area contributed by atoms with Crippen LogP contribution in [0.3, 0.4) is 0 Å². The Kier molecular flexibility index (Phi) is 7.03. The summed E-state index contributed by atoms with van der Waals surface area (Å²) in [7, 11) is 0. The smallest absolute Gasteiger partial charge is 0.407 e. The van der Waals surface area contributed by atoms with Gasteiger partial charge in [0.25, 0.3) is 0 Å². The number of nitrogens with zero attached hydrogens (tertiary/aromatic N) is 2. The maximum atomic E-state index is 12.2. The number of thiazole rings is 1. The highest BCUT2D eigenvalue weighted by molar-refractivity contribution is 7.13. The molecule has 1 unspecified atom stereocenters. The first-order valence-electron chi connectivity index (χ1n) is 10.6. The van der Waals surface area contributed by atoms with Crippen molar-refractivity contribution in [1.82, 2.24) is 10.3 Å².